The smallest absolute Gasteiger partial charge is 0.328 e. The van der Waals surface area contributed by atoms with Crippen LogP contribution in [0, 0.1) is 0 Å². The number of hydrogen-bond acceptors (Lipinski definition) is 4. The van der Waals surface area contributed by atoms with Crippen LogP contribution in [0.25, 0.3) is 10.9 Å². The van der Waals surface area contributed by atoms with Gasteiger partial charge in [0.15, 0.2) is 0 Å². The van der Waals surface area contributed by atoms with E-state index in [1.165, 1.54) is 0 Å². The topological polar surface area (TPSA) is 57.9 Å². The summed E-state index contributed by atoms with van der Waals surface area (Å²) in [6, 6.07) is 5.27. The lowest BCUT2D eigenvalue weighted by molar-refractivity contribution is 0.0537. The Kier molecular flexibility index (Phi) is 4.54. The minimum atomic E-state index is -0.0556. The van der Waals surface area contributed by atoms with E-state index in [1.807, 2.05) is 26.4 Å². The van der Waals surface area contributed by atoms with E-state index in [4.69, 9.17) is 4.74 Å². The molecule has 0 spiro atoms. The number of fused-ring (bicyclic) bond motifs is 1. The Morgan fingerprint density at radius 1 is 1.30 bits per heavy atom. The monoisotopic (exact) mass is 317 g/mol. The summed E-state index contributed by atoms with van der Waals surface area (Å²) in [5, 5.41) is 11.0. The van der Waals surface area contributed by atoms with Gasteiger partial charge in [-0.25, -0.2) is 4.79 Å². The minimum Gasteiger partial charge on any atom is -0.507 e. The third-order valence-corrected chi connectivity index (χ3v) is 4.20. The molecule has 1 N–H and O–H groups in total. The quantitative estimate of drug-likeness (QED) is 0.937. The number of morpholine rings is 1. The Morgan fingerprint density at radius 2 is 2.04 bits per heavy atom. The van der Waals surface area contributed by atoms with Crippen molar-refractivity contribution in [1.29, 1.82) is 0 Å². The van der Waals surface area contributed by atoms with Gasteiger partial charge in [-0.2, -0.15) is 0 Å². The standard InChI is InChI=1S/C17H23N3O3/c1-18(2)7-6-13-12-20(14-4-3-5-15(21)16(13)14)17(22)19-8-10-23-11-9-19/h3-5,12,21H,6-11H2,1-2H3. The van der Waals surface area contributed by atoms with Crippen LogP contribution in [0.15, 0.2) is 24.4 Å². The number of rotatable bonds is 3. The number of carbonyl (C=O) groups excluding carboxylic acids is 1. The van der Waals surface area contributed by atoms with Crippen LogP contribution in [0.5, 0.6) is 5.75 Å². The summed E-state index contributed by atoms with van der Waals surface area (Å²) in [4.78, 5) is 16.7. The summed E-state index contributed by atoms with van der Waals surface area (Å²) in [6.07, 6.45) is 2.65. The second-order valence-electron chi connectivity index (χ2n) is 6.13. The van der Waals surface area contributed by atoms with Gasteiger partial charge in [-0.1, -0.05) is 6.07 Å². The number of carbonyl (C=O) groups is 1. The van der Waals surface area contributed by atoms with Gasteiger partial charge in [0.1, 0.15) is 5.75 Å². The highest BCUT2D eigenvalue weighted by Gasteiger charge is 2.22. The number of aromatic nitrogens is 1. The summed E-state index contributed by atoms with van der Waals surface area (Å²) in [5.74, 6) is 0.227. The van der Waals surface area contributed by atoms with Gasteiger partial charge < -0.3 is 19.6 Å². The molecule has 6 heteroatoms. The lowest BCUT2D eigenvalue weighted by Crippen LogP contribution is -2.42. The van der Waals surface area contributed by atoms with Crippen LogP contribution in [0.2, 0.25) is 0 Å². The number of benzene rings is 1. The average Bonchev–Trinajstić information content (AvgIpc) is 2.93. The van der Waals surface area contributed by atoms with E-state index < -0.39 is 0 Å². The maximum absolute atomic E-state index is 12.8. The molecule has 0 aliphatic carbocycles. The molecule has 3 rings (SSSR count). The first kappa shape index (κ1) is 15.8. The molecule has 1 aromatic carbocycles. The van der Waals surface area contributed by atoms with E-state index in [0.717, 1.165) is 29.4 Å². The van der Waals surface area contributed by atoms with Crippen molar-refractivity contribution in [3.8, 4) is 5.75 Å². The van der Waals surface area contributed by atoms with Gasteiger partial charge in [-0.05, 0) is 38.2 Å². The van der Waals surface area contributed by atoms with E-state index in [0.29, 0.717) is 26.3 Å². The first-order chi connectivity index (χ1) is 11.1. The molecular formula is C17H23N3O3. The molecule has 0 radical (unpaired) electrons. The minimum absolute atomic E-state index is 0.0556. The van der Waals surface area contributed by atoms with E-state index in [9.17, 15) is 9.90 Å². The van der Waals surface area contributed by atoms with E-state index in [2.05, 4.69) is 4.90 Å². The zero-order chi connectivity index (χ0) is 16.4. The van der Waals surface area contributed by atoms with Crippen molar-refractivity contribution in [1.82, 2.24) is 14.4 Å². The maximum atomic E-state index is 12.8. The number of nitrogens with zero attached hydrogens (tertiary/aromatic N) is 3. The zero-order valence-corrected chi connectivity index (χ0v) is 13.7. The molecular weight excluding hydrogens is 294 g/mol. The Balaban J connectivity index is 1.99. The van der Waals surface area contributed by atoms with Gasteiger partial charge in [0.25, 0.3) is 0 Å². The molecule has 1 saturated heterocycles. The number of ether oxygens (including phenoxy) is 1. The van der Waals surface area contributed by atoms with Gasteiger partial charge in [0, 0.05) is 31.2 Å². The summed E-state index contributed by atoms with van der Waals surface area (Å²) in [6.45, 7) is 3.21. The van der Waals surface area contributed by atoms with E-state index >= 15 is 0 Å². The van der Waals surface area contributed by atoms with Crippen LogP contribution in [0.4, 0.5) is 4.79 Å². The van der Waals surface area contributed by atoms with Gasteiger partial charge in [-0.3, -0.25) is 4.57 Å². The fourth-order valence-corrected chi connectivity index (χ4v) is 2.95. The fourth-order valence-electron chi connectivity index (χ4n) is 2.95. The first-order valence-corrected chi connectivity index (χ1v) is 7.91. The van der Waals surface area contributed by atoms with Crippen molar-refractivity contribution < 1.29 is 14.6 Å². The highest BCUT2D eigenvalue weighted by Crippen LogP contribution is 2.30. The van der Waals surface area contributed by atoms with Crippen molar-refractivity contribution >= 4 is 16.9 Å². The summed E-state index contributed by atoms with van der Waals surface area (Å²) in [5.41, 5.74) is 1.75. The molecule has 124 valence electrons. The SMILES string of the molecule is CN(C)CCc1cn(C(=O)N2CCOCC2)c2cccc(O)c12. The molecule has 1 fully saturated rings. The van der Waals surface area contributed by atoms with Crippen molar-refractivity contribution in [3.63, 3.8) is 0 Å². The van der Waals surface area contributed by atoms with Crippen molar-refractivity contribution in [2.24, 2.45) is 0 Å². The van der Waals surface area contributed by atoms with Gasteiger partial charge >= 0.3 is 6.03 Å². The van der Waals surface area contributed by atoms with Crippen LogP contribution < -0.4 is 0 Å². The van der Waals surface area contributed by atoms with Gasteiger partial charge in [0.2, 0.25) is 0 Å². The number of phenolic OH excluding ortho intramolecular Hbond substituents is 1. The Morgan fingerprint density at radius 3 is 2.74 bits per heavy atom. The second-order valence-corrected chi connectivity index (χ2v) is 6.13. The summed E-state index contributed by atoms with van der Waals surface area (Å²) >= 11 is 0. The number of likely N-dealkylation sites (N-methyl/N-ethyl adjacent to an activating group) is 1. The van der Waals surface area contributed by atoms with Gasteiger partial charge in [0.05, 0.1) is 18.7 Å². The maximum Gasteiger partial charge on any atom is 0.328 e. The van der Waals surface area contributed by atoms with Gasteiger partial charge in [-0.15, -0.1) is 0 Å². The lowest BCUT2D eigenvalue weighted by Gasteiger charge is -2.27. The molecule has 1 amide bonds. The molecule has 23 heavy (non-hydrogen) atoms. The van der Waals surface area contributed by atoms with Crippen molar-refractivity contribution in [3.05, 3.63) is 30.0 Å². The number of aromatic hydroxyl groups is 1. The Bertz CT molecular complexity index is 702. The predicted molar refractivity (Wildman–Crippen MR) is 89.0 cm³/mol. The summed E-state index contributed by atoms with van der Waals surface area (Å²) < 4.78 is 6.97. The van der Waals surface area contributed by atoms with Crippen LogP contribution in [-0.2, 0) is 11.2 Å². The molecule has 0 atom stereocenters. The number of hydrogen-bond donors (Lipinski definition) is 1. The van der Waals surface area contributed by atoms with Crippen LogP contribution >= 0.6 is 0 Å². The van der Waals surface area contributed by atoms with Crippen molar-refractivity contribution in [2.75, 3.05) is 46.9 Å². The predicted octanol–water partition coefficient (Wildman–Crippen LogP) is 1.75. The molecule has 1 aromatic heterocycles. The Labute approximate surface area is 135 Å². The highest BCUT2D eigenvalue weighted by molar-refractivity contribution is 5.97. The normalized spacial score (nSPS) is 15.5. The van der Waals surface area contributed by atoms with Crippen LogP contribution in [0.3, 0.4) is 0 Å². The molecule has 2 heterocycles. The molecule has 0 saturated carbocycles. The molecule has 1 aliphatic heterocycles. The largest absolute Gasteiger partial charge is 0.507 e. The molecule has 2 aromatic rings. The van der Waals surface area contributed by atoms with Crippen LogP contribution in [-0.4, -0.2) is 72.4 Å². The molecule has 6 nitrogen and oxygen atoms in total. The Hall–Kier alpha value is -2.05. The molecule has 1 aliphatic rings. The van der Waals surface area contributed by atoms with E-state index in [-0.39, 0.29) is 11.8 Å². The third-order valence-electron chi connectivity index (χ3n) is 4.20. The number of amides is 1. The third kappa shape index (κ3) is 3.18. The van der Waals surface area contributed by atoms with E-state index in [1.54, 1.807) is 21.6 Å². The first-order valence-electron chi connectivity index (χ1n) is 7.91. The number of phenols is 1. The molecule has 0 unspecified atom stereocenters. The highest BCUT2D eigenvalue weighted by atomic mass is 16.5. The van der Waals surface area contributed by atoms with Crippen LogP contribution in [0.1, 0.15) is 5.56 Å². The second kappa shape index (κ2) is 6.60. The lowest BCUT2D eigenvalue weighted by atomic mass is 10.1. The zero-order valence-electron chi connectivity index (χ0n) is 13.7. The van der Waals surface area contributed by atoms with Crippen molar-refractivity contribution in [2.45, 2.75) is 6.42 Å². The fraction of sp³-hybridized carbons (Fsp3) is 0.471. The summed E-state index contributed by atoms with van der Waals surface area (Å²) in [7, 11) is 4.02. The average molecular weight is 317 g/mol. The molecule has 0 bridgehead atoms.